The fourth-order valence-corrected chi connectivity index (χ4v) is 1.63. The van der Waals surface area contributed by atoms with Crippen LogP contribution < -0.4 is 5.32 Å². The van der Waals surface area contributed by atoms with Crippen LogP contribution in [0.15, 0.2) is 22.7 Å². The van der Waals surface area contributed by atoms with Gasteiger partial charge >= 0.3 is 5.97 Å². The zero-order chi connectivity index (χ0) is 13.0. The first-order valence-electron chi connectivity index (χ1n) is 4.98. The molecule has 1 amide bonds. The smallest absolute Gasteiger partial charge is 0.326 e. The molecule has 0 spiro atoms. The molecule has 92 valence electrons. The molecule has 6 heteroatoms. The number of phenolic OH excluding ortho intramolecular Hbond substituents is 1. The van der Waals surface area contributed by atoms with Gasteiger partial charge in [-0.3, -0.25) is 4.79 Å². The van der Waals surface area contributed by atoms with E-state index in [1.54, 1.807) is 13.0 Å². The van der Waals surface area contributed by atoms with Crippen LogP contribution in [-0.4, -0.2) is 28.1 Å². The molecule has 1 rings (SSSR count). The van der Waals surface area contributed by atoms with Crippen molar-refractivity contribution in [2.24, 2.45) is 0 Å². The SMILES string of the molecule is CCC(NC(=O)c1cc(Br)ccc1O)C(=O)O. The lowest BCUT2D eigenvalue weighted by Crippen LogP contribution is -2.40. The normalized spacial score (nSPS) is 11.9. The van der Waals surface area contributed by atoms with Crippen LogP contribution in [0.4, 0.5) is 0 Å². The van der Waals surface area contributed by atoms with E-state index in [-0.39, 0.29) is 17.7 Å². The first-order chi connectivity index (χ1) is 7.95. The summed E-state index contributed by atoms with van der Waals surface area (Å²) in [6.07, 6.45) is 0.274. The first-order valence-corrected chi connectivity index (χ1v) is 5.77. The van der Waals surface area contributed by atoms with E-state index in [9.17, 15) is 14.7 Å². The van der Waals surface area contributed by atoms with Gasteiger partial charge in [-0.2, -0.15) is 0 Å². The van der Waals surface area contributed by atoms with Crippen LogP contribution in [0, 0.1) is 0 Å². The summed E-state index contributed by atoms with van der Waals surface area (Å²) in [5.74, 6) is -1.90. The van der Waals surface area contributed by atoms with Crippen molar-refractivity contribution in [1.29, 1.82) is 0 Å². The number of phenols is 1. The molecule has 0 aromatic heterocycles. The van der Waals surface area contributed by atoms with Crippen LogP contribution in [0.3, 0.4) is 0 Å². The van der Waals surface area contributed by atoms with Crippen LogP contribution in [0.25, 0.3) is 0 Å². The van der Waals surface area contributed by atoms with Crippen molar-refractivity contribution in [3.63, 3.8) is 0 Å². The third-order valence-corrected chi connectivity index (χ3v) is 2.71. The number of amides is 1. The predicted molar refractivity (Wildman–Crippen MR) is 65.0 cm³/mol. The first kappa shape index (κ1) is 13.5. The van der Waals surface area contributed by atoms with Crippen molar-refractivity contribution < 1.29 is 19.8 Å². The molecular weight excluding hydrogens is 290 g/mol. The van der Waals surface area contributed by atoms with Crippen molar-refractivity contribution in [3.8, 4) is 5.75 Å². The number of nitrogens with one attached hydrogen (secondary N) is 1. The van der Waals surface area contributed by atoms with E-state index in [4.69, 9.17) is 5.11 Å². The van der Waals surface area contributed by atoms with Gasteiger partial charge in [0, 0.05) is 4.47 Å². The van der Waals surface area contributed by atoms with Gasteiger partial charge < -0.3 is 15.5 Å². The highest BCUT2D eigenvalue weighted by Crippen LogP contribution is 2.21. The Morgan fingerprint density at radius 3 is 2.65 bits per heavy atom. The second-order valence-electron chi connectivity index (χ2n) is 3.43. The number of hydrogen-bond donors (Lipinski definition) is 3. The lowest BCUT2D eigenvalue weighted by Gasteiger charge is -2.13. The largest absolute Gasteiger partial charge is 0.507 e. The Morgan fingerprint density at radius 1 is 1.47 bits per heavy atom. The Labute approximate surface area is 107 Å². The zero-order valence-corrected chi connectivity index (χ0v) is 10.7. The van der Waals surface area contributed by atoms with E-state index >= 15 is 0 Å². The number of carboxylic acids is 1. The highest BCUT2D eigenvalue weighted by atomic mass is 79.9. The van der Waals surface area contributed by atoms with Crippen LogP contribution >= 0.6 is 15.9 Å². The highest BCUT2D eigenvalue weighted by molar-refractivity contribution is 9.10. The Hall–Kier alpha value is -1.56. The third kappa shape index (κ3) is 3.45. The van der Waals surface area contributed by atoms with Crippen molar-refractivity contribution in [2.75, 3.05) is 0 Å². The minimum Gasteiger partial charge on any atom is -0.507 e. The molecule has 0 aliphatic rings. The second-order valence-corrected chi connectivity index (χ2v) is 4.35. The van der Waals surface area contributed by atoms with Gasteiger partial charge in [-0.25, -0.2) is 4.79 Å². The van der Waals surface area contributed by atoms with Gasteiger partial charge in [-0.1, -0.05) is 22.9 Å². The quantitative estimate of drug-likeness (QED) is 0.791. The van der Waals surface area contributed by atoms with E-state index in [1.807, 2.05) is 0 Å². The molecule has 1 aromatic carbocycles. The number of hydrogen-bond acceptors (Lipinski definition) is 3. The van der Waals surface area contributed by atoms with E-state index in [0.29, 0.717) is 4.47 Å². The number of aliphatic carboxylic acids is 1. The highest BCUT2D eigenvalue weighted by Gasteiger charge is 2.20. The summed E-state index contributed by atoms with van der Waals surface area (Å²) in [4.78, 5) is 22.5. The van der Waals surface area contributed by atoms with Crippen LogP contribution in [0.5, 0.6) is 5.75 Å². The number of halogens is 1. The molecule has 0 fully saturated rings. The molecule has 0 aliphatic heterocycles. The molecule has 1 atom stereocenters. The molecular formula is C11H12BrNO4. The lowest BCUT2D eigenvalue weighted by molar-refractivity contribution is -0.139. The van der Waals surface area contributed by atoms with Gasteiger partial charge in [0.1, 0.15) is 11.8 Å². The summed E-state index contributed by atoms with van der Waals surface area (Å²) in [5, 5.41) is 20.6. The summed E-state index contributed by atoms with van der Waals surface area (Å²) < 4.78 is 0.629. The predicted octanol–water partition coefficient (Wildman–Crippen LogP) is 1.75. The van der Waals surface area contributed by atoms with Crippen LogP contribution in [0.2, 0.25) is 0 Å². The fraction of sp³-hybridized carbons (Fsp3) is 0.273. The second kappa shape index (κ2) is 5.67. The van der Waals surface area contributed by atoms with Gasteiger partial charge in [-0.05, 0) is 24.6 Å². The van der Waals surface area contributed by atoms with Gasteiger partial charge in [0.15, 0.2) is 0 Å². The van der Waals surface area contributed by atoms with Crippen LogP contribution in [-0.2, 0) is 4.79 Å². The Morgan fingerprint density at radius 2 is 2.12 bits per heavy atom. The molecule has 0 heterocycles. The maximum absolute atomic E-state index is 11.7. The standard InChI is InChI=1S/C11H12BrNO4/c1-2-8(11(16)17)13-10(15)7-5-6(12)3-4-9(7)14/h3-5,8,14H,2H2,1H3,(H,13,15)(H,16,17). The number of carboxylic acid groups (broad SMARTS) is 1. The number of rotatable bonds is 4. The maximum Gasteiger partial charge on any atom is 0.326 e. The van der Waals surface area contributed by atoms with E-state index in [1.165, 1.54) is 12.1 Å². The Kier molecular flexibility index (Phi) is 4.51. The number of carbonyl (C=O) groups excluding carboxylic acids is 1. The molecule has 0 radical (unpaired) electrons. The van der Waals surface area contributed by atoms with Gasteiger partial charge in [-0.15, -0.1) is 0 Å². The molecule has 0 saturated carbocycles. The summed E-state index contributed by atoms with van der Waals surface area (Å²) in [5.41, 5.74) is 0.0408. The van der Waals surface area contributed by atoms with Crippen molar-refractivity contribution in [1.82, 2.24) is 5.32 Å². The molecule has 1 unspecified atom stereocenters. The molecule has 3 N–H and O–H groups in total. The average Bonchev–Trinajstić information content (AvgIpc) is 2.28. The maximum atomic E-state index is 11.7. The zero-order valence-electron chi connectivity index (χ0n) is 9.11. The molecule has 0 saturated heterocycles. The molecule has 17 heavy (non-hydrogen) atoms. The van der Waals surface area contributed by atoms with Crippen molar-refractivity contribution >= 4 is 27.8 Å². The molecule has 0 bridgehead atoms. The Balaban J connectivity index is 2.89. The van der Waals surface area contributed by atoms with Gasteiger partial charge in [0.2, 0.25) is 0 Å². The lowest BCUT2D eigenvalue weighted by atomic mass is 10.1. The minimum absolute atomic E-state index is 0.0408. The molecule has 0 aliphatic carbocycles. The Bertz CT molecular complexity index is 447. The fourth-order valence-electron chi connectivity index (χ4n) is 1.26. The van der Waals surface area contributed by atoms with Crippen molar-refractivity contribution in [2.45, 2.75) is 19.4 Å². The van der Waals surface area contributed by atoms with E-state index in [2.05, 4.69) is 21.2 Å². The monoisotopic (exact) mass is 301 g/mol. The van der Waals surface area contributed by atoms with E-state index < -0.39 is 17.9 Å². The molecule has 1 aromatic rings. The summed E-state index contributed by atoms with van der Waals surface area (Å²) in [6.45, 7) is 1.65. The summed E-state index contributed by atoms with van der Waals surface area (Å²) in [7, 11) is 0. The van der Waals surface area contributed by atoms with E-state index in [0.717, 1.165) is 0 Å². The number of aromatic hydroxyl groups is 1. The van der Waals surface area contributed by atoms with Gasteiger partial charge in [0.25, 0.3) is 5.91 Å². The average molecular weight is 302 g/mol. The summed E-state index contributed by atoms with van der Waals surface area (Å²) >= 11 is 3.17. The topological polar surface area (TPSA) is 86.6 Å². The molecule has 5 nitrogen and oxygen atoms in total. The minimum atomic E-state index is -1.10. The number of carbonyl (C=O) groups is 2. The van der Waals surface area contributed by atoms with Crippen molar-refractivity contribution in [3.05, 3.63) is 28.2 Å². The third-order valence-electron chi connectivity index (χ3n) is 2.21. The number of benzene rings is 1. The van der Waals surface area contributed by atoms with Gasteiger partial charge in [0.05, 0.1) is 5.56 Å². The van der Waals surface area contributed by atoms with Crippen LogP contribution in [0.1, 0.15) is 23.7 Å². The summed E-state index contributed by atoms with van der Waals surface area (Å²) in [6, 6.07) is 3.42.